The maximum Gasteiger partial charge on any atom is 0.0625 e. The third-order valence-corrected chi connectivity index (χ3v) is 2.65. The monoisotopic (exact) mass is 154 g/mol. The Balaban J connectivity index is 2.53. The van der Waals surface area contributed by atoms with Crippen molar-refractivity contribution < 1.29 is 5.11 Å². The standard InChI is InChI=1S/C10H18O/c1-8(2)9-5-4-6-10(3,11)7-9/h9,11H,1,4-7H2,2-3H3. The fourth-order valence-electron chi connectivity index (χ4n) is 1.88. The second-order valence-corrected chi connectivity index (χ2v) is 4.14. The molecule has 0 aromatic rings. The summed E-state index contributed by atoms with van der Waals surface area (Å²) in [6.07, 6.45) is 4.22. The second-order valence-electron chi connectivity index (χ2n) is 4.14. The van der Waals surface area contributed by atoms with Gasteiger partial charge in [0, 0.05) is 0 Å². The van der Waals surface area contributed by atoms with E-state index in [0.717, 1.165) is 19.3 Å². The first-order chi connectivity index (χ1) is 5.01. The highest BCUT2D eigenvalue weighted by molar-refractivity contribution is 5.00. The number of hydrogen-bond acceptors (Lipinski definition) is 1. The zero-order valence-corrected chi connectivity index (χ0v) is 7.56. The SMILES string of the molecule is C=C(C)C1CCCC(C)(O)C1. The van der Waals surface area contributed by atoms with Crippen LogP contribution in [0.5, 0.6) is 0 Å². The molecule has 0 aromatic heterocycles. The van der Waals surface area contributed by atoms with E-state index in [-0.39, 0.29) is 0 Å². The lowest BCUT2D eigenvalue weighted by Crippen LogP contribution is -2.31. The summed E-state index contributed by atoms with van der Waals surface area (Å²) >= 11 is 0. The fourth-order valence-corrected chi connectivity index (χ4v) is 1.88. The van der Waals surface area contributed by atoms with Gasteiger partial charge in [0.1, 0.15) is 0 Å². The molecule has 0 radical (unpaired) electrons. The number of allylic oxidation sites excluding steroid dienone is 1. The van der Waals surface area contributed by atoms with E-state index in [1.807, 2.05) is 6.92 Å². The normalized spacial score (nSPS) is 38.6. The third-order valence-electron chi connectivity index (χ3n) is 2.65. The zero-order valence-electron chi connectivity index (χ0n) is 7.56. The molecule has 2 unspecified atom stereocenters. The van der Waals surface area contributed by atoms with Crippen LogP contribution in [-0.2, 0) is 0 Å². The Labute approximate surface area is 69.1 Å². The lowest BCUT2D eigenvalue weighted by Gasteiger charge is -2.34. The summed E-state index contributed by atoms with van der Waals surface area (Å²) in [7, 11) is 0. The van der Waals surface area contributed by atoms with E-state index in [1.165, 1.54) is 12.0 Å². The lowest BCUT2D eigenvalue weighted by atomic mass is 9.77. The summed E-state index contributed by atoms with van der Waals surface area (Å²) in [5.41, 5.74) is 0.798. The smallest absolute Gasteiger partial charge is 0.0625 e. The summed E-state index contributed by atoms with van der Waals surface area (Å²) in [5, 5.41) is 9.75. The maximum absolute atomic E-state index is 9.75. The van der Waals surface area contributed by atoms with Crippen molar-refractivity contribution in [2.45, 2.75) is 45.1 Å². The quantitative estimate of drug-likeness (QED) is 0.575. The van der Waals surface area contributed by atoms with Gasteiger partial charge in [-0.2, -0.15) is 0 Å². The largest absolute Gasteiger partial charge is 0.390 e. The van der Waals surface area contributed by atoms with Crippen LogP contribution in [0.15, 0.2) is 12.2 Å². The molecule has 0 bridgehead atoms. The highest BCUT2D eigenvalue weighted by Crippen LogP contribution is 2.35. The maximum atomic E-state index is 9.75. The van der Waals surface area contributed by atoms with Crippen LogP contribution in [-0.4, -0.2) is 10.7 Å². The van der Waals surface area contributed by atoms with Crippen molar-refractivity contribution in [3.05, 3.63) is 12.2 Å². The van der Waals surface area contributed by atoms with Crippen molar-refractivity contribution in [3.8, 4) is 0 Å². The van der Waals surface area contributed by atoms with E-state index in [1.54, 1.807) is 0 Å². The number of rotatable bonds is 1. The first kappa shape index (κ1) is 8.79. The highest BCUT2D eigenvalue weighted by Gasteiger charge is 2.29. The average molecular weight is 154 g/mol. The molecule has 1 heteroatoms. The van der Waals surface area contributed by atoms with Crippen molar-refractivity contribution in [3.63, 3.8) is 0 Å². The van der Waals surface area contributed by atoms with Gasteiger partial charge < -0.3 is 5.11 Å². The van der Waals surface area contributed by atoms with Gasteiger partial charge in [0.05, 0.1) is 5.60 Å². The molecular formula is C10H18O. The Morgan fingerprint density at radius 2 is 2.27 bits per heavy atom. The van der Waals surface area contributed by atoms with Crippen molar-refractivity contribution >= 4 is 0 Å². The van der Waals surface area contributed by atoms with E-state index in [0.29, 0.717) is 5.92 Å². The fraction of sp³-hybridized carbons (Fsp3) is 0.800. The van der Waals surface area contributed by atoms with E-state index in [9.17, 15) is 5.11 Å². The summed E-state index contributed by atoms with van der Waals surface area (Å²) in [5.74, 6) is 0.554. The van der Waals surface area contributed by atoms with Gasteiger partial charge in [-0.3, -0.25) is 0 Å². The topological polar surface area (TPSA) is 20.2 Å². The molecule has 1 rings (SSSR count). The Kier molecular flexibility index (Phi) is 2.38. The van der Waals surface area contributed by atoms with E-state index >= 15 is 0 Å². The molecule has 1 aliphatic carbocycles. The predicted molar refractivity (Wildman–Crippen MR) is 47.4 cm³/mol. The second kappa shape index (κ2) is 2.98. The molecule has 1 nitrogen and oxygen atoms in total. The Bertz CT molecular complexity index is 158. The Morgan fingerprint density at radius 3 is 2.64 bits per heavy atom. The summed E-state index contributed by atoms with van der Waals surface area (Å²) < 4.78 is 0. The van der Waals surface area contributed by atoms with Gasteiger partial charge in [0.2, 0.25) is 0 Å². The van der Waals surface area contributed by atoms with Crippen LogP contribution in [0.1, 0.15) is 39.5 Å². The minimum absolute atomic E-state index is 0.429. The van der Waals surface area contributed by atoms with Crippen LogP contribution in [0.2, 0.25) is 0 Å². The van der Waals surface area contributed by atoms with Gasteiger partial charge in [0.15, 0.2) is 0 Å². The molecule has 0 amide bonds. The van der Waals surface area contributed by atoms with Crippen LogP contribution in [0.3, 0.4) is 0 Å². The summed E-state index contributed by atoms with van der Waals surface area (Å²) in [6, 6.07) is 0. The molecule has 2 atom stereocenters. The van der Waals surface area contributed by atoms with Crippen LogP contribution in [0, 0.1) is 5.92 Å². The third kappa shape index (κ3) is 2.33. The predicted octanol–water partition coefficient (Wildman–Crippen LogP) is 2.50. The molecule has 1 aliphatic rings. The van der Waals surface area contributed by atoms with Crippen molar-refractivity contribution in [2.24, 2.45) is 5.92 Å². The first-order valence-electron chi connectivity index (χ1n) is 4.39. The summed E-state index contributed by atoms with van der Waals surface area (Å²) in [6.45, 7) is 7.93. The van der Waals surface area contributed by atoms with Crippen LogP contribution in [0.25, 0.3) is 0 Å². The van der Waals surface area contributed by atoms with E-state index < -0.39 is 5.60 Å². The molecule has 0 aliphatic heterocycles. The highest BCUT2D eigenvalue weighted by atomic mass is 16.3. The van der Waals surface area contributed by atoms with Crippen molar-refractivity contribution in [2.75, 3.05) is 0 Å². The first-order valence-corrected chi connectivity index (χ1v) is 4.39. The Morgan fingerprint density at radius 1 is 1.64 bits per heavy atom. The minimum Gasteiger partial charge on any atom is -0.390 e. The molecule has 1 fully saturated rings. The molecule has 0 aromatic carbocycles. The molecule has 1 N–H and O–H groups in total. The van der Waals surface area contributed by atoms with Gasteiger partial charge in [-0.25, -0.2) is 0 Å². The molecule has 64 valence electrons. The molecule has 11 heavy (non-hydrogen) atoms. The summed E-state index contributed by atoms with van der Waals surface area (Å²) in [4.78, 5) is 0. The number of hydrogen-bond donors (Lipinski definition) is 1. The van der Waals surface area contributed by atoms with Crippen molar-refractivity contribution in [1.29, 1.82) is 0 Å². The van der Waals surface area contributed by atoms with Crippen LogP contribution >= 0.6 is 0 Å². The average Bonchev–Trinajstić information content (AvgIpc) is 1.85. The molecular weight excluding hydrogens is 136 g/mol. The van der Waals surface area contributed by atoms with Crippen LogP contribution in [0.4, 0.5) is 0 Å². The van der Waals surface area contributed by atoms with Crippen molar-refractivity contribution in [1.82, 2.24) is 0 Å². The van der Waals surface area contributed by atoms with Gasteiger partial charge in [-0.05, 0) is 39.0 Å². The van der Waals surface area contributed by atoms with E-state index in [4.69, 9.17) is 0 Å². The molecule has 0 saturated heterocycles. The minimum atomic E-state index is -0.429. The van der Waals surface area contributed by atoms with E-state index in [2.05, 4.69) is 13.5 Å². The van der Waals surface area contributed by atoms with Gasteiger partial charge in [0.25, 0.3) is 0 Å². The van der Waals surface area contributed by atoms with Gasteiger partial charge >= 0.3 is 0 Å². The van der Waals surface area contributed by atoms with Gasteiger partial charge in [-0.1, -0.05) is 18.6 Å². The molecule has 1 saturated carbocycles. The molecule has 0 spiro atoms. The number of aliphatic hydroxyl groups is 1. The Hall–Kier alpha value is -0.300. The zero-order chi connectivity index (χ0) is 8.48. The lowest BCUT2D eigenvalue weighted by molar-refractivity contribution is 0.00762. The molecule has 0 heterocycles. The van der Waals surface area contributed by atoms with Crippen LogP contribution < -0.4 is 0 Å². The van der Waals surface area contributed by atoms with Gasteiger partial charge in [-0.15, -0.1) is 0 Å².